The monoisotopic (exact) mass is 428 g/mol. The highest BCUT2D eigenvalue weighted by Gasteiger charge is 2.17. The van der Waals surface area contributed by atoms with Gasteiger partial charge in [0.25, 0.3) is 0 Å². The van der Waals surface area contributed by atoms with Crippen LogP contribution >= 0.6 is 0 Å². The molecule has 0 atom stereocenters. The zero-order valence-electron chi connectivity index (χ0n) is 18.5. The van der Waals surface area contributed by atoms with E-state index in [1.54, 1.807) is 0 Å². The lowest BCUT2D eigenvalue weighted by Crippen LogP contribution is -2.18. The van der Waals surface area contributed by atoms with Crippen molar-refractivity contribution in [2.24, 2.45) is 0 Å². The van der Waals surface area contributed by atoms with Crippen molar-refractivity contribution in [3.8, 4) is 0 Å². The molecule has 2 aromatic heterocycles. The molecule has 0 fully saturated rings. The zero-order valence-corrected chi connectivity index (χ0v) is 18.5. The molecule has 0 saturated carbocycles. The Bertz CT molecular complexity index is 1300. The Morgan fingerprint density at radius 3 is 1.38 bits per heavy atom. The molecule has 0 N–H and O–H groups in total. The standard InChI is InChI=1S/C24H24N6O2/c1-15-16(2)20(14-32-30-24-12-8-6-10-22(24)26-28-30)18(4)17(3)19(15)13-31-29-23-11-7-5-9-21(23)25-27-29/h5-12H,13-14H2,1-4H3. The minimum absolute atomic E-state index is 0.404. The average Bonchev–Trinajstić information content (AvgIpc) is 3.42. The van der Waals surface area contributed by atoms with Crippen LogP contribution in [0, 0.1) is 27.7 Å². The summed E-state index contributed by atoms with van der Waals surface area (Å²) in [6.07, 6.45) is 0. The van der Waals surface area contributed by atoms with Gasteiger partial charge in [-0.1, -0.05) is 34.0 Å². The number of rotatable bonds is 6. The lowest BCUT2D eigenvalue weighted by atomic mass is 9.89. The zero-order chi connectivity index (χ0) is 22.2. The molecule has 162 valence electrons. The van der Waals surface area contributed by atoms with Gasteiger partial charge in [-0.15, -0.1) is 10.2 Å². The minimum atomic E-state index is 0.404. The molecule has 32 heavy (non-hydrogen) atoms. The maximum absolute atomic E-state index is 6.01. The lowest BCUT2D eigenvalue weighted by Gasteiger charge is -2.20. The lowest BCUT2D eigenvalue weighted by molar-refractivity contribution is 0.0725. The van der Waals surface area contributed by atoms with E-state index in [9.17, 15) is 0 Å². The third-order valence-corrected chi connectivity index (χ3v) is 6.24. The van der Waals surface area contributed by atoms with Crippen LogP contribution in [0.4, 0.5) is 0 Å². The Morgan fingerprint density at radius 1 is 0.594 bits per heavy atom. The molecule has 0 saturated heterocycles. The van der Waals surface area contributed by atoms with Crippen molar-refractivity contribution in [3.63, 3.8) is 0 Å². The van der Waals surface area contributed by atoms with Crippen LogP contribution in [-0.2, 0) is 13.2 Å². The van der Waals surface area contributed by atoms with Gasteiger partial charge in [0.15, 0.2) is 0 Å². The van der Waals surface area contributed by atoms with Gasteiger partial charge in [-0.25, -0.2) is 0 Å². The number of nitrogens with zero attached hydrogens (tertiary/aromatic N) is 6. The van der Waals surface area contributed by atoms with Crippen molar-refractivity contribution >= 4 is 22.1 Å². The van der Waals surface area contributed by atoms with Crippen molar-refractivity contribution in [1.29, 1.82) is 0 Å². The second kappa shape index (κ2) is 7.96. The summed E-state index contributed by atoms with van der Waals surface area (Å²) in [6, 6.07) is 15.5. The first-order valence-electron chi connectivity index (χ1n) is 10.5. The molecule has 0 unspecified atom stereocenters. The number of aromatic nitrogens is 6. The van der Waals surface area contributed by atoms with Gasteiger partial charge >= 0.3 is 0 Å². The van der Waals surface area contributed by atoms with Gasteiger partial charge in [0.05, 0.1) is 0 Å². The van der Waals surface area contributed by atoms with Gasteiger partial charge in [-0.2, -0.15) is 0 Å². The second-order valence-electron chi connectivity index (χ2n) is 7.91. The topological polar surface area (TPSA) is 79.9 Å². The fourth-order valence-electron chi connectivity index (χ4n) is 4.04. The molecule has 2 heterocycles. The van der Waals surface area contributed by atoms with Crippen molar-refractivity contribution in [2.75, 3.05) is 0 Å². The Kier molecular flexibility index (Phi) is 4.97. The molecule has 0 spiro atoms. The molecule has 8 nitrogen and oxygen atoms in total. The second-order valence-corrected chi connectivity index (χ2v) is 7.91. The van der Waals surface area contributed by atoms with Crippen LogP contribution in [-0.4, -0.2) is 30.3 Å². The fourth-order valence-corrected chi connectivity index (χ4v) is 4.04. The fraction of sp³-hybridized carbons (Fsp3) is 0.250. The van der Waals surface area contributed by atoms with Gasteiger partial charge in [-0.05, 0) is 95.8 Å². The summed E-state index contributed by atoms with van der Waals surface area (Å²) in [5.74, 6) is 0. The summed E-state index contributed by atoms with van der Waals surface area (Å²) in [4.78, 5) is 15.0. The molecule has 3 aromatic carbocycles. The summed E-state index contributed by atoms with van der Waals surface area (Å²) in [5.41, 5.74) is 10.3. The normalized spacial score (nSPS) is 11.4. The SMILES string of the molecule is Cc1c(C)c(COn2nnc3ccccc32)c(C)c(C)c1COn1nnc2ccccc21. The molecule has 8 heteroatoms. The van der Waals surface area contributed by atoms with Crippen LogP contribution in [0.2, 0.25) is 0 Å². The van der Waals surface area contributed by atoms with Gasteiger partial charge in [-0.3, -0.25) is 0 Å². The highest BCUT2D eigenvalue weighted by molar-refractivity contribution is 5.74. The molecule has 0 bridgehead atoms. The first-order chi connectivity index (χ1) is 15.5. The van der Waals surface area contributed by atoms with Crippen LogP contribution < -0.4 is 9.68 Å². The van der Waals surface area contributed by atoms with Gasteiger partial charge < -0.3 is 9.68 Å². The van der Waals surface area contributed by atoms with Crippen LogP contribution in [0.1, 0.15) is 33.4 Å². The first-order valence-corrected chi connectivity index (χ1v) is 10.5. The Hall–Kier alpha value is -3.94. The third-order valence-electron chi connectivity index (χ3n) is 6.24. The smallest absolute Gasteiger partial charge is 0.142 e. The highest BCUT2D eigenvalue weighted by atomic mass is 16.7. The van der Waals surface area contributed by atoms with E-state index in [1.807, 2.05) is 48.5 Å². The summed E-state index contributed by atoms with van der Waals surface area (Å²) < 4.78 is 0. The molecular weight excluding hydrogens is 404 g/mol. The molecule has 0 amide bonds. The van der Waals surface area contributed by atoms with Gasteiger partial charge in [0.1, 0.15) is 35.3 Å². The molecule has 5 aromatic rings. The summed E-state index contributed by atoms with van der Waals surface area (Å²) in [6.45, 7) is 9.29. The molecule has 0 aliphatic rings. The van der Waals surface area contributed by atoms with E-state index < -0.39 is 0 Å². The van der Waals surface area contributed by atoms with Crippen molar-refractivity contribution in [2.45, 2.75) is 40.9 Å². The Morgan fingerprint density at radius 2 is 0.969 bits per heavy atom. The first kappa shape index (κ1) is 20.0. The summed E-state index contributed by atoms with van der Waals surface area (Å²) in [7, 11) is 0. The quantitative estimate of drug-likeness (QED) is 0.411. The van der Waals surface area contributed by atoms with Crippen molar-refractivity contribution in [3.05, 3.63) is 81.9 Å². The van der Waals surface area contributed by atoms with Gasteiger partial charge in [0.2, 0.25) is 0 Å². The van der Waals surface area contributed by atoms with E-state index in [0.717, 1.165) is 33.2 Å². The molecular formula is C24H24N6O2. The highest BCUT2D eigenvalue weighted by Crippen LogP contribution is 2.27. The predicted octanol–water partition coefficient (Wildman–Crippen LogP) is 3.67. The average molecular weight is 428 g/mol. The maximum Gasteiger partial charge on any atom is 0.142 e. The number of fused-ring (bicyclic) bond motifs is 2. The molecule has 0 aliphatic carbocycles. The third kappa shape index (κ3) is 3.33. The Labute approximate surface area is 185 Å². The molecule has 0 radical (unpaired) electrons. The van der Waals surface area contributed by atoms with E-state index in [4.69, 9.17) is 9.68 Å². The Balaban J connectivity index is 1.40. The predicted molar refractivity (Wildman–Crippen MR) is 121 cm³/mol. The summed E-state index contributed by atoms with van der Waals surface area (Å²) >= 11 is 0. The number of para-hydroxylation sites is 2. The van der Waals surface area contributed by atoms with E-state index in [1.165, 1.54) is 31.9 Å². The number of hydrogen-bond acceptors (Lipinski definition) is 6. The van der Waals surface area contributed by atoms with Crippen LogP contribution in [0.3, 0.4) is 0 Å². The molecule has 5 rings (SSSR count). The largest absolute Gasteiger partial charge is 0.390 e. The molecule has 0 aliphatic heterocycles. The van der Waals surface area contributed by atoms with E-state index in [0.29, 0.717) is 13.2 Å². The maximum atomic E-state index is 6.01. The number of benzene rings is 3. The van der Waals surface area contributed by atoms with Crippen LogP contribution in [0.5, 0.6) is 0 Å². The number of hydrogen-bond donors (Lipinski definition) is 0. The van der Waals surface area contributed by atoms with E-state index in [2.05, 4.69) is 48.3 Å². The van der Waals surface area contributed by atoms with Crippen molar-refractivity contribution < 1.29 is 9.68 Å². The van der Waals surface area contributed by atoms with Crippen LogP contribution in [0.25, 0.3) is 22.1 Å². The van der Waals surface area contributed by atoms with E-state index in [-0.39, 0.29) is 0 Å². The van der Waals surface area contributed by atoms with Gasteiger partial charge in [0, 0.05) is 0 Å². The van der Waals surface area contributed by atoms with Crippen LogP contribution in [0.15, 0.2) is 48.5 Å². The summed E-state index contributed by atoms with van der Waals surface area (Å²) in [5, 5.41) is 16.6. The van der Waals surface area contributed by atoms with Crippen molar-refractivity contribution in [1.82, 2.24) is 30.3 Å². The minimum Gasteiger partial charge on any atom is -0.390 e. The van der Waals surface area contributed by atoms with E-state index >= 15 is 0 Å².